The van der Waals surface area contributed by atoms with E-state index in [-0.39, 0.29) is 10.8 Å². The Balaban J connectivity index is 1.15. The van der Waals surface area contributed by atoms with Crippen LogP contribution in [0.3, 0.4) is 0 Å². The molecule has 9 aromatic rings. The van der Waals surface area contributed by atoms with Crippen LogP contribution in [0.1, 0.15) is 52.7 Å². The zero-order valence-corrected chi connectivity index (χ0v) is 31.6. The van der Waals surface area contributed by atoms with E-state index in [1.165, 1.54) is 11.1 Å². The van der Waals surface area contributed by atoms with Crippen molar-refractivity contribution in [2.75, 3.05) is 9.80 Å². The van der Waals surface area contributed by atoms with Gasteiger partial charge in [-0.1, -0.05) is 102 Å². The van der Waals surface area contributed by atoms with Gasteiger partial charge in [0, 0.05) is 57.0 Å². The average molecular weight is 706 g/mol. The molecule has 0 atom stereocenters. The molecule has 0 spiro atoms. The first-order valence-electron chi connectivity index (χ1n) is 18.6. The lowest BCUT2D eigenvalue weighted by Crippen LogP contribution is -2.13. The van der Waals surface area contributed by atoms with Gasteiger partial charge in [0.1, 0.15) is 16.7 Å². The number of benzene rings is 6. The van der Waals surface area contributed by atoms with E-state index in [1.807, 2.05) is 18.3 Å². The molecule has 5 nitrogen and oxygen atoms in total. The molecule has 0 fully saturated rings. The van der Waals surface area contributed by atoms with Crippen molar-refractivity contribution in [3.8, 4) is 0 Å². The second kappa shape index (κ2) is 12.7. The number of pyridine rings is 1. The first-order chi connectivity index (χ1) is 26.0. The SMILES string of the molecule is CC(C)(C)c1ccc(N(c2ccccc2)c2ccc3c(c2)oc2c3ncc3oc4cc(N(c5ccccc5)c5ccc(C(C)(C)C)cc5)ccc4c32)cc1. The zero-order chi connectivity index (χ0) is 37.2. The Morgan fingerprint density at radius 2 is 0.852 bits per heavy atom. The minimum Gasteiger partial charge on any atom is -0.454 e. The molecule has 0 N–H and O–H groups in total. The summed E-state index contributed by atoms with van der Waals surface area (Å²) in [5.74, 6) is 0. The number of para-hydroxylation sites is 2. The fourth-order valence-corrected chi connectivity index (χ4v) is 7.47. The van der Waals surface area contributed by atoms with Crippen molar-refractivity contribution in [1.82, 2.24) is 4.98 Å². The fraction of sp³-hybridized carbons (Fsp3) is 0.163. The maximum atomic E-state index is 6.75. The van der Waals surface area contributed by atoms with E-state index >= 15 is 0 Å². The maximum Gasteiger partial charge on any atom is 0.165 e. The Bertz CT molecular complexity index is 2770. The Morgan fingerprint density at radius 1 is 0.426 bits per heavy atom. The van der Waals surface area contributed by atoms with Crippen molar-refractivity contribution in [1.29, 1.82) is 0 Å². The third-order valence-corrected chi connectivity index (χ3v) is 10.4. The van der Waals surface area contributed by atoms with Crippen LogP contribution in [0, 0.1) is 0 Å². The van der Waals surface area contributed by atoms with Crippen LogP contribution < -0.4 is 9.80 Å². The minimum atomic E-state index is 0.0695. The van der Waals surface area contributed by atoms with Gasteiger partial charge in [0.25, 0.3) is 0 Å². The number of hydrogen-bond acceptors (Lipinski definition) is 5. The van der Waals surface area contributed by atoms with Crippen LogP contribution in [-0.2, 0) is 10.8 Å². The van der Waals surface area contributed by atoms with Crippen LogP contribution in [0.15, 0.2) is 161 Å². The molecule has 0 aliphatic rings. The standard InChI is InChI=1S/C49H43N3O2/c1-48(2,3)32-17-21-36(22-18-32)51(34-13-9-7-10-14-34)38-25-27-40-42(29-38)53-44-31-50-46-41-28-26-39(30-43(41)54-47(46)45(40)44)52(35-15-11-8-12-16-35)37-23-19-33(20-24-37)49(4,5)6/h7-31H,1-6H3. The van der Waals surface area contributed by atoms with Gasteiger partial charge < -0.3 is 18.6 Å². The van der Waals surface area contributed by atoms with E-state index in [9.17, 15) is 0 Å². The Hall–Kier alpha value is -6.33. The van der Waals surface area contributed by atoms with Gasteiger partial charge in [0.2, 0.25) is 0 Å². The highest BCUT2D eigenvalue weighted by molar-refractivity contribution is 6.21. The van der Waals surface area contributed by atoms with E-state index in [1.54, 1.807) is 0 Å². The highest BCUT2D eigenvalue weighted by Crippen LogP contribution is 2.44. The van der Waals surface area contributed by atoms with Crippen molar-refractivity contribution < 1.29 is 8.83 Å². The Morgan fingerprint density at radius 3 is 1.33 bits per heavy atom. The number of hydrogen-bond donors (Lipinski definition) is 0. The van der Waals surface area contributed by atoms with E-state index in [0.29, 0.717) is 5.58 Å². The van der Waals surface area contributed by atoms with Crippen LogP contribution in [-0.4, -0.2) is 4.98 Å². The lowest BCUT2D eigenvalue weighted by atomic mass is 9.87. The summed E-state index contributed by atoms with van der Waals surface area (Å²) in [7, 11) is 0. The van der Waals surface area contributed by atoms with Crippen LogP contribution in [0.5, 0.6) is 0 Å². The molecule has 3 heterocycles. The number of nitrogens with zero attached hydrogens (tertiary/aromatic N) is 3. The molecule has 3 aromatic heterocycles. The number of aromatic nitrogens is 1. The van der Waals surface area contributed by atoms with Crippen molar-refractivity contribution in [2.24, 2.45) is 0 Å². The quantitative estimate of drug-likeness (QED) is 0.172. The first-order valence-corrected chi connectivity index (χ1v) is 18.6. The molecule has 0 radical (unpaired) electrons. The predicted octanol–water partition coefficient (Wildman–Crippen LogP) is 14.4. The van der Waals surface area contributed by atoms with Crippen molar-refractivity contribution >= 4 is 78.1 Å². The van der Waals surface area contributed by atoms with E-state index in [4.69, 9.17) is 13.8 Å². The molecule has 9 rings (SSSR count). The molecule has 0 aliphatic carbocycles. The number of rotatable bonds is 6. The van der Waals surface area contributed by atoms with Crippen LogP contribution in [0.2, 0.25) is 0 Å². The van der Waals surface area contributed by atoms with E-state index in [2.05, 4.69) is 185 Å². The third kappa shape index (κ3) is 5.86. The monoisotopic (exact) mass is 705 g/mol. The number of anilines is 6. The van der Waals surface area contributed by atoms with Gasteiger partial charge in [-0.25, -0.2) is 4.98 Å². The molecule has 6 aromatic carbocycles. The molecule has 0 saturated carbocycles. The summed E-state index contributed by atoms with van der Waals surface area (Å²) >= 11 is 0. The number of fused-ring (bicyclic) bond motifs is 7. The topological polar surface area (TPSA) is 45.7 Å². The summed E-state index contributed by atoms with van der Waals surface area (Å²) in [4.78, 5) is 9.42. The zero-order valence-electron chi connectivity index (χ0n) is 31.6. The molecular weight excluding hydrogens is 663 g/mol. The molecule has 54 heavy (non-hydrogen) atoms. The number of furan rings is 2. The molecule has 266 valence electrons. The molecule has 5 heteroatoms. The second-order valence-corrected chi connectivity index (χ2v) is 16.2. The van der Waals surface area contributed by atoms with Crippen LogP contribution in [0.25, 0.3) is 44.0 Å². The summed E-state index contributed by atoms with van der Waals surface area (Å²) in [6.07, 6.45) is 1.83. The fourth-order valence-electron chi connectivity index (χ4n) is 7.47. The summed E-state index contributed by atoms with van der Waals surface area (Å²) in [6, 6.07) is 51.5. The lowest BCUT2D eigenvalue weighted by Gasteiger charge is -2.26. The molecule has 0 unspecified atom stereocenters. The Kier molecular flexibility index (Phi) is 7.86. The van der Waals surface area contributed by atoms with Gasteiger partial charge >= 0.3 is 0 Å². The lowest BCUT2D eigenvalue weighted by molar-refractivity contribution is 0.590. The van der Waals surface area contributed by atoms with Crippen molar-refractivity contribution in [3.05, 3.63) is 163 Å². The van der Waals surface area contributed by atoms with Gasteiger partial charge in [0.15, 0.2) is 11.2 Å². The van der Waals surface area contributed by atoms with Gasteiger partial charge in [0.05, 0.1) is 11.6 Å². The molecule has 0 amide bonds. The normalized spacial score (nSPS) is 12.3. The summed E-state index contributed by atoms with van der Waals surface area (Å²) in [5.41, 5.74) is 12.8. The first kappa shape index (κ1) is 33.5. The third-order valence-electron chi connectivity index (χ3n) is 10.4. The molecule has 0 bridgehead atoms. The predicted molar refractivity (Wildman–Crippen MR) is 226 cm³/mol. The highest BCUT2D eigenvalue weighted by Gasteiger charge is 2.22. The Labute approximate surface area is 316 Å². The van der Waals surface area contributed by atoms with Crippen LogP contribution in [0.4, 0.5) is 34.1 Å². The van der Waals surface area contributed by atoms with Crippen molar-refractivity contribution in [2.45, 2.75) is 52.4 Å². The summed E-state index contributed by atoms with van der Waals surface area (Å²) < 4.78 is 13.3. The van der Waals surface area contributed by atoms with Gasteiger partial charge in [-0.2, -0.15) is 0 Å². The van der Waals surface area contributed by atoms with Crippen LogP contribution >= 0.6 is 0 Å². The minimum absolute atomic E-state index is 0.0695. The van der Waals surface area contributed by atoms with E-state index in [0.717, 1.165) is 72.5 Å². The highest BCUT2D eigenvalue weighted by atomic mass is 16.3. The molecule has 0 aliphatic heterocycles. The van der Waals surface area contributed by atoms with Gasteiger partial charge in [-0.15, -0.1) is 0 Å². The smallest absolute Gasteiger partial charge is 0.165 e. The van der Waals surface area contributed by atoms with Crippen molar-refractivity contribution in [3.63, 3.8) is 0 Å². The van der Waals surface area contributed by atoms with Gasteiger partial charge in [-0.3, -0.25) is 0 Å². The maximum absolute atomic E-state index is 6.75. The summed E-state index contributed by atoms with van der Waals surface area (Å²) in [6.45, 7) is 13.5. The summed E-state index contributed by atoms with van der Waals surface area (Å²) in [5, 5.41) is 2.88. The average Bonchev–Trinajstić information content (AvgIpc) is 3.73. The molecular formula is C49H43N3O2. The second-order valence-electron chi connectivity index (χ2n) is 16.2. The largest absolute Gasteiger partial charge is 0.454 e. The molecule has 0 saturated heterocycles. The van der Waals surface area contributed by atoms with E-state index < -0.39 is 0 Å². The van der Waals surface area contributed by atoms with Gasteiger partial charge in [-0.05, 0) is 94.8 Å².